The molecule has 3 nitrogen and oxygen atoms in total. The van der Waals surface area contributed by atoms with Gasteiger partial charge in [0.25, 0.3) is 5.91 Å². The Hall–Kier alpha value is -1.25. The molecule has 0 saturated carbocycles. The molecule has 2 aliphatic heterocycles. The quantitative estimate of drug-likeness (QED) is 0.652. The average molecular weight is 206 g/mol. The zero-order valence-electron chi connectivity index (χ0n) is 9.28. The largest absolute Gasteiger partial charge is 0.357 e. The summed E-state index contributed by atoms with van der Waals surface area (Å²) in [5.41, 5.74) is 0.918. The first-order valence-corrected chi connectivity index (χ1v) is 5.66. The van der Waals surface area contributed by atoms with E-state index in [1.807, 2.05) is 35.3 Å². The van der Waals surface area contributed by atoms with Crippen LogP contribution >= 0.6 is 0 Å². The number of hydrogen-bond donors (Lipinski definition) is 0. The Morgan fingerprint density at radius 2 is 2.00 bits per heavy atom. The molecule has 0 unspecified atom stereocenters. The minimum absolute atomic E-state index is 0.228. The van der Waals surface area contributed by atoms with Crippen LogP contribution in [0.25, 0.3) is 0 Å². The van der Waals surface area contributed by atoms with E-state index in [0.717, 1.165) is 37.9 Å². The van der Waals surface area contributed by atoms with Gasteiger partial charge >= 0.3 is 0 Å². The molecule has 0 spiro atoms. The number of rotatable bonds is 1. The summed E-state index contributed by atoms with van der Waals surface area (Å²) >= 11 is 0. The van der Waals surface area contributed by atoms with Gasteiger partial charge in [0, 0.05) is 31.9 Å². The molecule has 2 rings (SSSR count). The van der Waals surface area contributed by atoms with Crippen molar-refractivity contribution in [3.63, 3.8) is 0 Å². The van der Waals surface area contributed by atoms with Gasteiger partial charge in [-0.25, -0.2) is 0 Å². The van der Waals surface area contributed by atoms with Crippen LogP contribution in [0.1, 0.15) is 25.7 Å². The molecule has 3 heteroatoms. The zero-order chi connectivity index (χ0) is 10.7. The molecule has 1 fully saturated rings. The van der Waals surface area contributed by atoms with E-state index in [4.69, 9.17) is 0 Å². The average Bonchev–Trinajstić information content (AvgIpc) is 2.29. The van der Waals surface area contributed by atoms with Crippen LogP contribution in [0, 0.1) is 0 Å². The highest BCUT2D eigenvalue weighted by Gasteiger charge is 2.20. The second kappa shape index (κ2) is 4.51. The molecule has 1 amide bonds. The van der Waals surface area contributed by atoms with Crippen molar-refractivity contribution >= 4 is 5.91 Å². The van der Waals surface area contributed by atoms with Crippen LogP contribution in [0.3, 0.4) is 0 Å². The van der Waals surface area contributed by atoms with E-state index < -0.39 is 0 Å². The van der Waals surface area contributed by atoms with Gasteiger partial charge in [-0.3, -0.25) is 4.79 Å². The standard InChI is InChI=1S/C12H18N2O/c1-13-7-5-6-11(10-13)12(15)14-8-3-2-4-9-14/h5,7,10H,2-4,6,8-9H2,1H3. The number of carbonyl (C=O) groups is 1. The highest BCUT2D eigenvalue weighted by atomic mass is 16.2. The van der Waals surface area contributed by atoms with Crippen LogP contribution in [0.2, 0.25) is 0 Å². The normalized spacial score (nSPS) is 21.5. The Morgan fingerprint density at radius 1 is 1.27 bits per heavy atom. The molecule has 2 heterocycles. The molecule has 0 N–H and O–H groups in total. The smallest absolute Gasteiger partial charge is 0.251 e. The minimum atomic E-state index is 0.228. The number of allylic oxidation sites excluding steroid dienone is 1. The van der Waals surface area contributed by atoms with E-state index in [0.29, 0.717) is 0 Å². The summed E-state index contributed by atoms with van der Waals surface area (Å²) < 4.78 is 0. The van der Waals surface area contributed by atoms with Crippen LogP contribution in [0.5, 0.6) is 0 Å². The summed E-state index contributed by atoms with van der Waals surface area (Å²) in [6, 6.07) is 0. The first-order chi connectivity index (χ1) is 7.27. The van der Waals surface area contributed by atoms with Gasteiger partial charge in [0.2, 0.25) is 0 Å². The summed E-state index contributed by atoms with van der Waals surface area (Å²) in [6.45, 7) is 1.87. The van der Waals surface area contributed by atoms with Crippen LogP contribution in [0.15, 0.2) is 24.0 Å². The van der Waals surface area contributed by atoms with Gasteiger partial charge in [0.05, 0.1) is 0 Å². The summed E-state index contributed by atoms with van der Waals surface area (Å²) in [7, 11) is 1.96. The van der Waals surface area contributed by atoms with Crippen LogP contribution in [-0.4, -0.2) is 35.8 Å². The molecule has 0 atom stereocenters. The lowest BCUT2D eigenvalue weighted by molar-refractivity contribution is -0.128. The SMILES string of the molecule is CN1C=CCC(C(=O)N2CCCCC2)=C1. The Morgan fingerprint density at radius 3 is 2.67 bits per heavy atom. The van der Waals surface area contributed by atoms with E-state index in [2.05, 4.69) is 0 Å². The number of nitrogens with zero attached hydrogens (tertiary/aromatic N) is 2. The third-order valence-corrected chi connectivity index (χ3v) is 2.96. The number of carbonyl (C=O) groups excluding carboxylic acids is 1. The van der Waals surface area contributed by atoms with Gasteiger partial charge in [-0.1, -0.05) is 6.08 Å². The van der Waals surface area contributed by atoms with Crippen molar-refractivity contribution in [1.29, 1.82) is 0 Å². The van der Waals surface area contributed by atoms with Gasteiger partial charge in [-0.2, -0.15) is 0 Å². The number of amides is 1. The predicted molar refractivity (Wildman–Crippen MR) is 60.0 cm³/mol. The Balaban J connectivity index is 2.00. The molecule has 2 aliphatic rings. The molecule has 0 aromatic heterocycles. The Bertz CT molecular complexity index is 301. The maximum Gasteiger partial charge on any atom is 0.251 e. The zero-order valence-corrected chi connectivity index (χ0v) is 9.28. The lowest BCUT2D eigenvalue weighted by Gasteiger charge is -2.28. The molecule has 0 aromatic rings. The number of hydrogen-bond acceptors (Lipinski definition) is 2. The predicted octanol–water partition coefficient (Wildman–Crippen LogP) is 1.73. The van der Waals surface area contributed by atoms with Crippen molar-refractivity contribution in [3.05, 3.63) is 24.0 Å². The summed E-state index contributed by atoms with van der Waals surface area (Å²) in [5, 5.41) is 0. The van der Waals surface area contributed by atoms with E-state index in [1.54, 1.807) is 0 Å². The van der Waals surface area contributed by atoms with Crippen molar-refractivity contribution in [2.75, 3.05) is 20.1 Å². The Kier molecular flexibility index (Phi) is 3.09. The number of piperidine rings is 1. The molecule has 0 aliphatic carbocycles. The molecular formula is C12H18N2O. The highest BCUT2D eigenvalue weighted by molar-refractivity contribution is 5.93. The second-order valence-electron chi connectivity index (χ2n) is 4.26. The lowest BCUT2D eigenvalue weighted by atomic mass is 10.1. The van der Waals surface area contributed by atoms with E-state index >= 15 is 0 Å². The summed E-state index contributed by atoms with van der Waals surface area (Å²) in [5.74, 6) is 0.228. The fraction of sp³-hybridized carbons (Fsp3) is 0.583. The molecular weight excluding hydrogens is 188 g/mol. The third-order valence-electron chi connectivity index (χ3n) is 2.96. The Labute approximate surface area is 91.0 Å². The third kappa shape index (κ3) is 2.41. The molecule has 0 radical (unpaired) electrons. The van der Waals surface area contributed by atoms with Crippen LogP contribution < -0.4 is 0 Å². The van der Waals surface area contributed by atoms with Crippen molar-refractivity contribution in [2.24, 2.45) is 0 Å². The lowest BCUT2D eigenvalue weighted by Crippen LogP contribution is -2.37. The van der Waals surface area contributed by atoms with Gasteiger partial charge in [0.15, 0.2) is 0 Å². The fourth-order valence-corrected chi connectivity index (χ4v) is 2.13. The molecule has 15 heavy (non-hydrogen) atoms. The van der Waals surface area contributed by atoms with E-state index in [-0.39, 0.29) is 5.91 Å². The minimum Gasteiger partial charge on any atom is -0.357 e. The summed E-state index contributed by atoms with van der Waals surface area (Å²) in [4.78, 5) is 16.0. The second-order valence-corrected chi connectivity index (χ2v) is 4.26. The first-order valence-electron chi connectivity index (χ1n) is 5.66. The summed E-state index contributed by atoms with van der Waals surface area (Å²) in [6.07, 6.45) is 10.3. The van der Waals surface area contributed by atoms with Crippen LogP contribution in [0.4, 0.5) is 0 Å². The highest BCUT2D eigenvalue weighted by Crippen LogP contribution is 2.17. The monoisotopic (exact) mass is 206 g/mol. The molecule has 0 bridgehead atoms. The molecule has 1 saturated heterocycles. The van der Waals surface area contributed by atoms with Gasteiger partial charge in [-0.05, 0) is 31.9 Å². The van der Waals surface area contributed by atoms with Gasteiger partial charge < -0.3 is 9.80 Å². The van der Waals surface area contributed by atoms with Crippen LogP contribution in [-0.2, 0) is 4.79 Å². The van der Waals surface area contributed by atoms with Crippen molar-refractivity contribution in [2.45, 2.75) is 25.7 Å². The van der Waals surface area contributed by atoms with Crippen molar-refractivity contribution in [3.8, 4) is 0 Å². The van der Waals surface area contributed by atoms with E-state index in [9.17, 15) is 4.79 Å². The maximum absolute atomic E-state index is 12.1. The fourth-order valence-electron chi connectivity index (χ4n) is 2.13. The van der Waals surface area contributed by atoms with E-state index in [1.165, 1.54) is 6.42 Å². The van der Waals surface area contributed by atoms with Crippen molar-refractivity contribution in [1.82, 2.24) is 9.80 Å². The topological polar surface area (TPSA) is 23.6 Å². The van der Waals surface area contributed by atoms with Crippen molar-refractivity contribution < 1.29 is 4.79 Å². The molecule has 0 aromatic carbocycles. The van der Waals surface area contributed by atoms with Gasteiger partial charge in [0.1, 0.15) is 0 Å². The maximum atomic E-state index is 12.1. The first kappa shape index (κ1) is 10.3. The van der Waals surface area contributed by atoms with Gasteiger partial charge in [-0.15, -0.1) is 0 Å². The number of likely N-dealkylation sites (tertiary alicyclic amines) is 1. The molecule has 82 valence electrons.